The third-order valence-electron chi connectivity index (χ3n) is 2.76. The minimum atomic E-state index is 0.297. The van der Waals surface area contributed by atoms with Gasteiger partial charge in [0.25, 0.3) is 0 Å². The van der Waals surface area contributed by atoms with E-state index in [0.29, 0.717) is 24.9 Å². The fourth-order valence-electron chi connectivity index (χ4n) is 1.64. The van der Waals surface area contributed by atoms with E-state index in [1.807, 2.05) is 12.1 Å². The summed E-state index contributed by atoms with van der Waals surface area (Å²) in [4.78, 5) is 0. The highest BCUT2D eigenvalue weighted by molar-refractivity contribution is 5.30. The van der Waals surface area contributed by atoms with Crippen LogP contribution in [0.15, 0.2) is 24.3 Å². The molecule has 2 fully saturated rings. The Morgan fingerprint density at radius 3 is 2.53 bits per heavy atom. The maximum Gasteiger partial charge on any atom is 0.119 e. The summed E-state index contributed by atoms with van der Waals surface area (Å²) < 4.78 is 16.0. The zero-order valence-corrected chi connectivity index (χ0v) is 8.68. The third kappa shape index (κ3) is 2.13. The molecule has 0 radical (unpaired) electrons. The van der Waals surface area contributed by atoms with E-state index in [1.54, 1.807) is 0 Å². The second-order valence-corrected chi connectivity index (χ2v) is 4.10. The monoisotopic (exact) mass is 206 g/mol. The Morgan fingerprint density at radius 2 is 2.00 bits per heavy atom. The van der Waals surface area contributed by atoms with Gasteiger partial charge in [-0.05, 0) is 24.6 Å². The molecule has 0 aliphatic carbocycles. The van der Waals surface area contributed by atoms with Crippen molar-refractivity contribution in [2.75, 3.05) is 13.2 Å². The first-order valence-corrected chi connectivity index (χ1v) is 5.33. The first-order valence-electron chi connectivity index (χ1n) is 5.33. The predicted molar refractivity (Wildman–Crippen MR) is 55.0 cm³/mol. The van der Waals surface area contributed by atoms with E-state index in [-0.39, 0.29) is 0 Å². The molecule has 0 bridgehead atoms. The van der Waals surface area contributed by atoms with Gasteiger partial charge in [-0.15, -0.1) is 0 Å². The maximum atomic E-state index is 5.55. The Kier molecular flexibility index (Phi) is 2.15. The first kappa shape index (κ1) is 9.19. The van der Waals surface area contributed by atoms with Crippen LogP contribution < -0.4 is 4.74 Å². The molecule has 3 rings (SSSR count). The summed E-state index contributed by atoms with van der Waals surface area (Å²) >= 11 is 0. The molecule has 0 aromatic heterocycles. The topological polar surface area (TPSA) is 34.3 Å². The molecule has 3 atom stereocenters. The molecular formula is C12H14O3. The lowest BCUT2D eigenvalue weighted by Crippen LogP contribution is -2.03. The van der Waals surface area contributed by atoms with Gasteiger partial charge < -0.3 is 14.2 Å². The Labute approximate surface area is 89.0 Å². The van der Waals surface area contributed by atoms with Crippen molar-refractivity contribution in [2.24, 2.45) is 0 Å². The van der Waals surface area contributed by atoms with Crippen molar-refractivity contribution in [3.05, 3.63) is 29.8 Å². The first-order chi connectivity index (χ1) is 7.33. The molecule has 2 heterocycles. The van der Waals surface area contributed by atoms with Crippen LogP contribution >= 0.6 is 0 Å². The molecule has 0 N–H and O–H groups in total. The second kappa shape index (κ2) is 3.51. The Balaban J connectivity index is 1.59. The van der Waals surface area contributed by atoms with Gasteiger partial charge in [-0.1, -0.05) is 12.1 Å². The fraction of sp³-hybridized carbons (Fsp3) is 0.500. The maximum absolute atomic E-state index is 5.55. The quantitative estimate of drug-likeness (QED) is 0.706. The lowest BCUT2D eigenvalue weighted by Gasteiger charge is -2.04. The number of ether oxygens (including phenoxy) is 3. The lowest BCUT2D eigenvalue weighted by atomic mass is 10.1. The minimum absolute atomic E-state index is 0.297. The average Bonchev–Trinajstić information content (AvgIpc) is 3.13. The Hall–Kier alpha value is -1.06. The molecule has 3 nitrogen and oxygen atoms in total. The van der Waals surface area contributed by atoms with Crippen molar-refractivity contribution in [3.8, 4) is 5.75 Å². The molecule has 3 heteroatoms. The van der Waals surface area contributed by atoms with E-state index in [0.717, 1.165) is 12.4 Å². The number of hydrogen-bond donors (Lipinski definition) is 0. The average molecular weight is 206 g/mol. The summed E-state index contributed by atoms with van der Waals surface area (Å²) in [6.07, 6.45) is 0.985. The Morgan fingerprint density at radius 1 is 1.33 bits per heavy atom. The summed E-state index contributed by atoms with van der Waals surface area (Å²) in [7, 11) is 0. The predicted octanol–water partition coefficient (Wildman–Crippen LogP) is 1.92. The van der Waals surface area contributed by atoms with Gasteiger partial charge in [-0.2, -0.15) is 0 Å². The SMILES string of the molecule is CC1OC1c1ccc(OCC2CO2)cc1. The highest BCUT2D eigenvalue weighted by Gasteiger charge is 2.35. The number of benzene rings is 1. The van der Waals surface area contributed by atoms with Gasteiger partial charge in [0.1, 0.15) is 24.6 Å². The van der Waals surface area contributed by atoms with Crippen LogP contribution in [-0.2, 0) is 9.47 Å². The molecule has 80 valence electrons. The van der Waals surface area contributed by atoms with E-state index in [2.05, 4.69) is 19.1 Å². The standard InChI is InChI=1S/C12H14O3/c1-8-12(15-8)9-2-4-10(5-3-9)13-6-11-7-14-11/h2-5,8,11-12H,6-7H2,1H3. The normalized spacial score (nSPS) is 32.5. The summed E-state index contributed by atoms with van der Waals surface area (Å²) in [6, 6.07) is 8.12. The molecule has 2 aliphatic heterocycles. The van der Waals surface area contributed by atoms with Gasteiger partial charge in [-0.25, -0.2) is 0 Å². The van der Waals surface area contributed by atoms with E-state index < -0.39 is 0 Å². The zero-order valence-electron chi connectivity index (χ0n) is 8.68. The van der Waals surface area contributed by atoms with E-state index >= 15 is 0 Å². The van der Waals surface area contributed by atoms with Crippen LogP contribution in [0.25, 0.3) is 0 Å². The third-order valence-corrected chi connectivity index (χ3v) is 2.76. The highest BCUT2D eigenvalue weighted by Crippen LogP contribution is 2.38. The molecule has 0 spiro atoms. The van der Waals surface area contributed by atoms with Crippen molar-refractivity contribution in [2.45, 2.75) is 25.2 Å². The van der Waals surface area contributed by atoms with Crippen LogP contribution in [0, 0.1) is 0 Å². The van der Waals surface area contributed by atoms with Gasteiger partial charge in [0.05, 0.1) is 12.7 Å². The van der Waals surface area contributed by atoms with Gasteiger partial charge in [-0.3, -0.25) is 0 Å². The lowest BCUT2D eigenvalue weighted by molar-refractivity contribution is 0.263. The van der Waals surface area contributed by atoms with Crippen LogP contribution in [0.1, 0.15) is 18.6 Å². The highest BCUT2D eigenvalue weighted by atomic mass is 16.6. The smallest absolute Gasteiger partial charge is 0.119 e. The van der Waals surface area contributed by atoms with E-state index in [9.17, 15) is 0 Å². The van der Waals surface area contributed by atoms with E-state index in [4.69, 9.17) is 14.2 Å². The summed E-state index contributed by atoms with van der Waals surface area (Å²) in [5.41, 5.74) is 1.23. The van der Waals surface area contributed by atoms with Gasteiger partial charge in [0.15, 0.2) is 0 Å². The molecule has 0 saturated carbocycles. The molecule has 0 amide bonds. The van der Waals surface area contributed by atoms with Crippen LogP contribution in [-0.4, -0.2) is 25.4 Å². The molecule has 15 heavy (non-hydrogen) atoms. The molecular weight excluding hydrogens is 192 g/mol. The van der Waals surface area contributed by atoms with Crippen LogP contribution in [0.3, 0.4) is 0 Å². The van der Waals surface area contributed by atoms with Gasteiger partial charge in [0, 0.05) is 0 Å². The summed E-state index contributed by atoms with van der Waals surface area (Å²) in [5, 5.41) is 0. The van der Waals surface area contributed by atoms with Gasteiger partial charge >= 0.3 is 0 Å². The molecule has 2 saturated heterocycles. The van der Waals surface area contributed by atoms with Gasteiger partial charge in [0.2, 0.25) is 0 Å². The molecule has 1 aromatic rings. The molecule has 2 aliphatic rings. The largest absolute Gasteiger partial charge is 0.491 e. The van der Waals surface area contributed by atoms with E-state index in [1.165, 1.54) is 5.56 Å². The van der Waals surface area contributed by atoms with Crippen molar-refractivity contribution in [3.63, 3.8) is 0 Å². The molecule has 3 unspecified atom stereocenters. The van der Waals surface area contributed by atoms with Crippen molar-refractivity contribution < 1.29 is 14.2 Å². The summed E-state index contributed by atoms with van der Waals surface area (Å²) in [6.45, 7) is 3.58. The molecule has 1 aromatic carbocycles. The van der Waals surface area contributed by atoms with Crippen LogP contribution in [0.2, 0.25) is 0 Å². The summed E-state index contributed by atoms with van der Waals surface area (Å²) in [5.74, 6) is 0.905. The van der Waals surface area contributed by atoms with Crippen LogP contribution in [0.5, 0.6) is 5.75 Å². The van der Waals surface area contributed by atoms with Crippen LogP contribution in [0.4, 0.5) is 0 Å². The van der Waals surface area contributed by atoms with Crippen molar-refractivity contribution in [1.29, 1.82) is 0 Å². The fourth-order valence-corrected chi connectivity index (χ4v) is 1.64. The number of epoxide rings is 2. The number of rotatable bonds is 4. The van der Waals surface area contributed by atoms with Crippen molar-refractivity contribution in [1.82, 2.24) is 0 Å². The number of hydrogen-bond acceptors (Lipinski definition) is 3. The Bertz CT molecular complexity index is 342. The zero-order chi connectivity index (χ0) is 10.3. The van der Waals surface area contributed by atoms with Crippen molar-refractivity contribution >= 4 is 0 Å². The second-order valence-electron chi connectivity index (χ2n) is 4.10. The minimum Gasteiger partial charge on any atom is -0.491 e.